The van der Waals surface area contributed by atoms with Crippen molar-refractivity contribution in [2.75, 3.05) is 52.7 Å². The Morgan fingerprint density at radius 1 is 1.21 bits per heavy atom. The summed E-state index contributed by atoms with van der Waals surface area (Å²) in [7, 11) is 0. The Morgan fingerprint density at radius 3 is 2.88 bits per heavy atom. The van der Waals surface area contributed by atoms with Crippen LogP contribution in [-0.4, -0.2) is 62.6 Å². The monoisotopic (exact) mass is 332 g/mol. The molecule has 2 atom stereocenters. The molecule has 4 heterocycles. The van der Waals surface area contributed by atoms with Gasteiger partial charge in [-0.3, -0.25) is 9.88 Å². The van der Waals surface area contributed by atoms with Gasteiger partial charge in [-0.05, 0) is 36.5 Å². The minimum atomic E-state index is 0.193. The number of rotatable bonds is 6. The largest absolute Gasteiger partial charge is 0.381 e. The summed E-state index contributed by atoms with van der Waals surface area (Å²) in [6.45, 7) is 8.42. The summed E-state index contributed by atoms with van der Waals surface area (Å²) >= 11 is 0. The molecule has 0 aliphatic carbocycles. The molecule has 132 valence electrons. The number of hydrogen-bond acceptors (Lipinski definition) is 5. The molecule has 0 aromatic carbocycles. The standard InChI is InChI=1S/C19H28N2O3/c1-5-20-6-2-16(1)9-21-10-18-12-24-15-19(18,13-21)14-23-11-17-3-7-22-8-4-17/h1-2,5-6,17-18H,3-4,7-15H2/t18-,19-/m0/s1. The van der Waals surface area contributed by atoms with Gasteiger partial charge in [-0.15, -0.1) is 0 Å². The molecule has 4 rings (SSSR count). The van der Waals surface area contributed by atoms with Gasteiger partial charge in [0, 0.05) is 63.2 Å². The van der Waals surface area contributed by atoms with E-state index in [1.165, 1.54) is 5.56 Å². The summed E-state index contributed by atoms with van der Waals surface area (Å²) in [6.07, 6.45) is 6.03. The van der Waals surface area contributed by atoms with E-state index in [4.69, 9.17) is 14.2 Å². The maximum atomic E-state index is 6.19. The lowest BCUT2D eigenvalue weighted by Crippen LogP contribution is -2.36. The molecule has 5 nitrogen and oxygen atoms in total. The van der Waals surface area contributed by atoms with E-state index in [0.717, 1.165) is 72.1 Å². The lowest BCUT2D eigenvalue weighted by Gasteiger charge is -2.29. The predicted octanol–water partition coefficient (Wildman–Crippen LogP) is 1.97. The van der Waals surface area contributed by atoms with Crippen molar-refractivity contribution < 1.29 is 14.2 Å². The SMILES string of the molecule is c1cc(CN2C[C@H]3COC[C@@]3(COCC3CCOCC3)C2)ccn1. The molecule has 3 fully saturated rings. The first-order valence-corrected chi connectivity index (χ1v) is 9.19. The van der Waals surface area contributed by atoms with E-state index >= 15 is 0 Å². The van der Waals surface area contributed by atoms with E-state index in [0.29, 0.717) is 11.8 Å². The van der Waals surface area contributed by atoms with Crippen molar-refractivity contribution in [2.45, 2.75) is 19.4 Å². The van der Waals surface area contributed by atoms with Crippen molar-refractivity contribution in [3.8, 4) is 0 Å². The van der Waals surface area contributed by atoms with Gasteiger partial charge in [0.2, 0.25) is 0 Å². The van der Waals surface area contributed by atoms with Gasteiger partial charge in [-0.25, -0.2) is 0 Å². The summed E-state index contributed by atoms with van der Waals surface area (Å²) in [5, 5.41) is 0. The third-order valence-electron chi connectivity index (χ3n) is 5.83. The zero-order valence-corrected chi connectivity index (χ0v) is 14.4. The van der Waals surface area contributed by atoms with Crippen LogP contribution in [0.2, 0.25) is 0 Å². The lowest BCUT2D eigenvalue weighted by molar-refractivity contribution is -0.0157. The third kappa shape index (κ3) is 3.64. The highest BCUT2D eigenvalue weighted by atomic mass is 16.5. The van der Waals surface area contributed by atoms with Crippen LogP contribution in [0.5, 0.6) is 0 Å². The molecule has 0 N–H and O–H groups in total. The summed E-state index contributed by atoms with van der Waals surface area (Å²) in [5.74, 6) is 1.28. The van der Waals surface area contributed by atoms with Gasteiger partial charge in [-0.1, -0.05) is 0 Å². The molecule has 0 spiro atoms. The third-order valence-corrected chi connectivity index (χ3v) is 5.83. The van der Waals surface area contributed by atoms with Gasteiger partial charge in [-0.2, -0.15) is 0 Å². The Kier molecular flexibility index (Phi) is 5.13. The van der Waals surface area contributed by atoms with E-state index in [1.54, 1.807) is 0 Å². The molecule has 0 amide bonds. The zero-order valence-electron chi connectivity index (χ0n) is 14.4. The summed E-state index contributed by atoms with van der Waals surface area (Å²) < 4.78 is 17.4. The zero-order chi connectivity index (χ0) is 16.2. The Morgan fingerprint density at radius 2 is 2.04 bits per heavy atom. The van der Waals surface area contributed by atoms with Crippen molar-refractivity contribution in [3.63, 3.8) is 0 Å². The van der Waals surface area contributed by atoms with Crippen LogP contribution in [0.4, 0.5) is 0 Å². The van der Waals surface area contributed by atoms with Gasteiger partial charge in [0.15, 0.2) is 0 Å². The fraction of sp³-hybridized carbons (Fsp3) is 0.737. The highest BCUT2D eigenvalue weighted by molar-refractivity contribution is 5.11. The number of fused-ring (bicyclic) bond motifs is 1. The van der Waals surface area contributed by atoms with Gasteiger partial charge in [0.25, 0.3) is 0 Å². The average Bonchev–Trinajstić information content (AvgIpc) is 3.13. The molecule has 3 aliphatic heterocycles. The van der Waals surface area contributed by atoms with Crippen LogP contribution in [0.3, 0.4) is 0 Å². The second-order valence-electron chi connectivity index (χ2n) is 7.67. The molecule has 3 aliphatic rings. The number of hydrogen-bond donors (Lipinski definition) is 0. The minimum absolute atomic E-state index is 0.193. The number of likely N-dealkylation sites (tertiary alicyclic amines) is 1. The summed E-state index contributed by atoms with van der Waals surface area (Å²) in [5.41, 5.74) is 1.53. The normalized spacial score (nSPS) is 31.4. The van der Waals surface area contributed by atoms with Crippen molar-refractivity contribution in [2.24, 2.45) is 17.3 Å². The summed E-state index contributed by atoms with van der Waals surface area (Å²) in [4.78, 5) is 6.66. The topological polar surface area (TPSA) is 43.8 Å². The van der Waals surface area contributed by atoms with Gasteiger partial charge in [0.1, 0.15) is 0 Å². The Bertz CT molecular complexity index is 521. The van der Waals surface area contributed by atoms with Crippen molar-refractivity contribution in [3.05, 3.63) is 30.1 Å². The number of aromatic nitrogens is 1. The second kappa shape index (κ2) is 7.48. The Balaban J connectivity index is 1.31. The number of pyridine rings is 1. The highest BCUT2D eigenvalue weighted by Crippen LogP contribution is 2.42. The van der Waals surface area contributed by atoms with Crippen LogP contribution in [0.1, 0.15) is 18.4 Å². The molecular formula is C19H28N2O3. The molecule has 5 heteroatoms. The second-order valence-corrected chi connectivity index (χ2v) is 7.67. The van der Waals surface area contributed by atoms with Crippen LogP contribution < -0.4 is 0 Å². The van der Waals surface area contributed by atoms with Crippen LogP contribution >= 0.6 is 0 Å². The Hall–Kier alpha value is -1.01. The molecular weight excluding hydrogens is 304 g/mol. The van der Waals surface area contributed by atoms with Crippen LogP contribution in [0.15, 0.2) is 24.5 Å². The fourth-order valence-corrected chi connectivity index (χ4v) is 4.36. The maximum Gasteiger partial charge on any atom is 0.0561 e. The van der Waals surface area contributed by atoms with Crippen LogP contribution in [-0.2, 0) is 20.8 Å². The number of ether oxygens (including phenoxy) is 3. The molecule has 1 aromatic heterocycles. The van der Waals surface area contributed by atoms with Gasteiger partial charge in [0.05, 0.1) is 19.8 Å². The molecule has 0 radical (unpaired) electrons. The van der Waals surface area contributed by atoms with Crippen LogP contribution in [0, 0.1) is 17.3 Å². The summed E-state index contributed by atoms with van der Waals surface area (Å²) in [6, 6.07) is 4.22. The maximum absolute atomic E-state index is 6.19. The first kappa shape index (κ1) is 16.5. The lowest BCUT2D eigenvalue weighted by atomic mass is 9.82. The quantitative estimate of drug-likeness (QED) is 0.797. The van der Waals surface area contributed by atoms with Gasteiger partial charge >= 0.3 is 0 Å². The number of nitrogens with zero attached hydrogens (tertiary/aromatic N) is 2. The van der Waals surface area contributed by atoms with Crippen LogP contribution in [0.25, 0.3) is 0 Å². The van der Waals surface area contributed by atoms with Crippen molar-refractivity contribution >= 4 is 0 Å². The van der Waals surface area contributed by atoms with E-state index in [9.17, 15) is 0 Å². The molecule has 0 saturated carbocycles. The Labute approximate surface area is 144 Å². The fourth-order valence-electron chi connectivity index (χ4n) is 4.36. The smallest absolute Gasteiger partial charge is 0.0561 e. The van der Waals surface area contributed by atoms with Crippen molar-refractivity contribution in [1.29, 1.82) is 0 Å². The van der Waals surface area contributed by atoms with E-state index in [-0.39, 0.29) is 5.41 Å². The molecule has 3 saturated heterocycles. The minimum Gasteiger partial charge on any atom is -0.381 e. The molecule has 0 unspecified atom stereocenters. The van der Waals surface area contributed by atoms with E-state index in [2.05, 4.69) is 22.0 Å². The molecule has 0 bridgehead atoms. The first-order chi connectivity index (χ1) is 11.8. The molecule has 24 heavy (non-hydrogen) atoms. The molecule has 1 aromatic rings. The van der Waals surface area contributed by atoms with Crippen molar-refractivity contribution in [1.82, 2.24) is 9.88 Å². The van der Waals surface area contributed by atoms with E-state index in [1.807, 2.05) is 12.4 Å². The first-order valence-electron chi connectivity index (χ1n) is 9.19. The highest BCUT2D eigenvalue weighted by Gasteiger charge is 2.50. The van der Waals surface area contributed by atoms with E-state index < -0.39 is 0 Å². The average molecular weight is 332 g/mol. The predicted molar refractivity (Wildman–Crippen MR) is 90.6 cm³/mol. The van der Waals surface area contributed by atoms with Gasteiger partial charge < -0.3 is 14.2 Å².